The van der Waals surface area contributed by atoms with Crippen LogP contribution < -0.4 is 0 Å². The van der Waals surface area contributed by atoms with Crippen molar-refractivity contribution in [3.8, 4) is 0 Å². The van der Waals surface area contributed by atoms with Gasteiger partial charge in [0, 0.05) is 10.8 Å². The van der Waals surface area contributed by atoms with Crippen LogP contribution in [0.4, 0.5) is 0 Å². The molecule has 0 fully saturated rings. The molecule has 1 heterocycles. The molecule has 1 nitrogen and oxygen atoms in total. The smallest absolute Gasteiger partial charge is 0.0794 e. The van der Waals surface area contributed by atoms with E-state index in [0.717, 1.165) is 0 Å². The van der Waals surface area contributed by atoms with Gasteiger partial charge in [-0.1, -0.05) is 27.2 Å². The summed E-state index contributed by atoms with van der Waals surface area (Å²) in [4.78, 5) is 4.40. The number of hydrogen-bond acceptors (Lipinski definition) is 2. The summed E-state index contributed by atoms with van der Waals surface area (Å²) in [6.45, 7) is 6.79. The highest BCUT2D eigenvalue weighted by Crippen LogP contribution is 2.31. The van der Waals surface area contributed by atoms with Crippen LogP contribution in [0.1, 0.15) is 45.7 Å². The fourth-order valence-electron chi connectivity index (χ4n) is 1.55. The topological polar surface area (TPSA) is 12.9 Å². The van der Waals surface area contributed by atoms with Crippen LogP contribution in [0.2, 0.25) is 0 Å². The lowest BCUT2D eigenvalue weighted by atomic mass is 9.80. The Morgan fingerprint density at radius 3 is 2.67 bits per heavy atom. The molecule has 0 radical (unpaired) electrons. The Hall–Kier alpha value is -0.370. The average molecular weight is 183 g/mol. The Morgan fingerprint density at radius 2 is 2.25 bits per heavy atom. The third-order valence-electron chi connectivity index (χ3n) is 2.63. The molecule has 2 heteroatoms. The Kier molecular flexibility index (Phi) is 3.27. The number of rotatable bonds is 4. The molecule has 0 aliphatic heterocycles. The van der Waals surface area contributed by atoms with E-state index in [-0.39, 0.29) is 0 Å². The van der Waals surface area contributed by atoms with E-state index in [4.69, 9.17) is 0 Å². The van der Waals surface area contributed by atoms with Gasteiger partial charge in [0.15, 0.2) is 0 Å². The van der Waals surface area contributed by atoms with Crippen LogP contribution >= 0.6 is 11.3 Å². The summed E-state index contributed by atoms with van der Waals surface area (Å²) in [7, 11) is 0. The maximum atomic E-state index is 4.40. The lowest BCUT2D eigenvalue weighted by Crippen LogP contribution is -2.20. The second-order valence-corrected chi connectivity index (χ2v) is 4.26. The van der Waals surface area contributed by atoms with Crippen molar-refractivity contribution in [2.45, 2.75) is 45.4 Å². The maximum Gasteiger partial charge on any atom is 0.0794 e. The zero-order chi connectivity index (χ0) is 9.03. The predicted molar refractivity (Wildman–Crippen MR) is 54.7 cm³/mol. The van der Waals surface area contributed by atoms with Gasteiger partial charge in [-0.25, -0.2) is 4.98 Å². The lowest BCUT2D eigenvalue weighted by Gasteiger charge is -2.25. The molecule has 0 spiro atoms. The minimum absolute atomic E-state index is 0.314. The van der Waals surface area contributed by atoms with Crippen LogP contribution in [0.15, 0.2) is 10.9 Å². The minimum Gasteiger partial charge on any atom is -0.249 e. The fourth-order valence-corrected chi connectivity index (χ4v) is 2.26. The minimum atomic E-state index is 0.314. The van der Waals surface area contributed by atoms with Gasteiger partial charge in [0.05, 0.1) is 11.2 Å². The molecular formula is C10H17NS. The zero-order valence-corrected chi connectivity index (χ0v) is 8.95. The standard InChI is InChI=1S/C10H17NS/c1-4-6-10(3,5-2)9-7-12-8-11-9/h7-8H,4-6H2,1-3H3. The summed E-state index contributed by atoms with van der Waals surface area (Å²) in [6.07, 6.45) is 3.67. The molecule has 1 rings (SSSR count). The highest BCUT2D eigenvalue weighted by molar-refractivity contribution is 7.07. The molecule has 1 atom stereocenters. The van der Waals surface area contributed by atoms with E-state index in [2.05, 4.69) is 31.1 Å². The number of thiazole rings is 1. The first-order valence-corrected chi connectivity index (χ1v) is 5.56. The van der Waals surface area contributed by atoms with Crippen LogP contribution in [0, 0.1) is 0 Å². The Labute approximate surface area is 78.8 Å². The Bertz CT molecular complexity index is 218. The van der Waals surface area contributed by atoms with Crippen molar-refractivity contribution in [1.29, 1.82) is 0 Å². The van der Waals surface area contributed by atoms with E-state index < -0.39 is 0 Å². The van der Waals surface area contributed by atoms with Crippen molar-refractivity contribution in [2.75, 3.05) is 0 Å². The second kappa shape index (κ2) is 4.04. The van der Waals surface area contributed by atoms with Crippen molar-refractivity contribution >= 4 is 11.3 Å². The normalized spacial score (nSPS) is 15.9. The van der Waals surface area contributed by atoms with Crippen molar-refractivity contribution in [3.63, 3.8) is 0 Å². The summed E-state index contributed by atoms with van der Waals surface area (Å²) < 4.78 is 0. The molecule has 0 aromatic carbocycles. The third-order valence-corrected chi connectivity index (χ3v) is 3.22. The van der Waals surface area contributed by atoms with E-state index in [1.54, 1.807) is 11.3 Å². The van der Waals surface area contributed by atoms with Crippen molar-refractivity contribution in [3.05, 3.63) is 16.6 Å². The van der Waals surface area contributed by atoms with Gasteiger partial charge in [-0.3, -0.25) is 0 Å². The average Bonchev–Trinajstić information content (AvgIpc) is 2.57. The first-order valence-electron chi connectivity index (χ1n) is 4.61. The molecule has 0 saturated carbocycles. The largest absolute Gasteiger partial charge is 0.249 e. The molecule has 1 aromatic heterocycles. The fraction of sp³-hybridized carbons (Fsp3) is 0.700. The van der Waals surface area contributed by atoms with Gasteiger partial charge in [-0.15, -0.1) is 11.3 Å². The quantitative estimate of drug-likeness (QED) is 0.695. The SMILES string of the molecule is CCCC(C)(CC)c1cscn1. The second-order valence-electron chi connectivity index (χ2n) is 3.54. The highest BCUT2D eigenvalue weighted by atomic mass is 32.1. The first kappa shape index (κ1) is 9.72. The Balaban J connectivity index is 2.80. The molecular weight excluding hydrogens is 166 g/mol. The number of aromatic nitrogens is 1. The van der Waals surface area contributed by atoms with Crippen LogP contribution in [0.25, 0.3) is 0 Å². The van der Waals surface area contributed by atoms with E-state index >= 15 is 0 Å². The molecule has 1 unspecified atom stereocenters. The summed E-state index contributed by atoms with van der Waals surface area (Å²) in [6, 6.07) is 0. The highest BCUT2D eigenvalue weighted by Gasteiger charge is 2.24. The lowest BCUT2D eigenvalue weighted by molar-refractivity contribution is 0.404. The molecule has 0 amide bonds. The maximum absolute atomic E-state index is 4.40. The van der Waals surface area contributed by atoms with E-state index in [1.165, 1.54) is 25.0 Å². The van der Waals surface area contributed by atoms with Gasteiger partial charge in [-0.2, -0.15) is 0 Å². The monoisotopic (exact) mass is 183 g/mol. The summed E-state index contributed by atoms with van der Waals surface area (Å²) in [5, 5.41) is 2.18. The van der Waals surface area contributed by atoms with Crippen LogP contribution in [0.3, 0.4) is 0 Å². The predicted octanol–water partition coefficient (Wildman–Crippen LogP) is 3.61. The molecule has 0 bridgehead atoms. The van der Waals surface area contributed by atoms with E-state index in [0.29, 0.717) is 5.41 Å². The van der Waals surface area contributed by atoms with E-state index in [9.17, 15) is 0 Å². The number of hydrogen-bond donors (Lipinski definition) is 0. The summed E-state index contributed by atoms with van der Waals surface area (Å²) in [5.41, 5.74) is 3.52. The van der Waals surface area contributed by atoms with Crippen molar-refractivity contribution in [2.24, 2.45) is 0 Å². The van der Waals surface area contributed by atoms with Crippen molar-refractivity contribution in [1.82, 2.24) is 4.98 Å². The van der Waals surface area contributed by atoms with Gasteiger partial charge in [0.1, 0.15) is 0 Å². The Morgan fingerprint density at radius 1 is 1.50 bits per heavy atom. The third kappa shape index (κ3) is 1.86. The van der Waals surface area contributed by atoms with Crippen molar-refractivity contribution < 1.29 is 0 Å². The molecule has 1 aromatic rings. The summed E-state index contributed by atoms with van der Waals surface area (Å²) >= 11 is 1.70. The van der Waals surface area contributed by atoms with Crippen LogP contribution in [0.5, 0.6) is 0 Å². The number of nitrogens with zero attached hydrogens (tertiary/aromatic N) is 1. The molecule has 0 aliphatic rings. The molecule has 12 heavy (non-hydrogen) atoms. The van der Waals surface area contributed by atoms with Gasteiger partial charge in [0.25, 0.3) is 0 Å². The summed E-state index contributed by atoms with van der Waals surface area (Å²) in [5.74, 6) is 0. The van der Waals surface area contributed by atoms with Crippen LogP contribution in [-0.4, -0.2) is 4.98 Å². The van der Waals surface area contributed by atoms with Gasteiger partial charge in [0.2, 0.25) is 0 Å². The molecule has 68 valence electrons. The van der Waals surface area contributed by atoms with E-state index in [1.807, 2.05) is 5.51 Å². The molecule has 0 aliphatic carbocycles. The van der Waals surface area contributed by atoms with Crippen LogP contribution in [-0.2, 0) is 5.41 Å². The van der Waals surface area contributed by atoms with Gasteiger partial charge >= 0.3 is 0 Å². The molecule has 0 saturated heterocycles. The first-order chi connectivity index (χ1) is 5.73. The molecule has 0 N–H and O–H groups in total. The van der Waals surface area contributed by atoms with Gasteiger partial charge < -0.3 is 0 Å². The zero-order valence-electron chi connectivity index (χ0n) is 8.13. The van der Waals surface area contributed by atoms with Gasteiger partial charge in [-0.05, 0) is 12.8 Å².